The summed E-state index contributed by atoms with van der Waals surface area (Å²) in [6, 6.07) is 3.16. The van der Waals surface area contributed by atoms with Crippen LogP contribution in [0, 0.1) is 6.92 Å². The van der Waals surface area contributed by atoms with E-state index in [1.807, 2.05) is 0 Å². The van der Waals surface area contributed by atoms with Crippen molar-refractivity contribution in [2.24, 2.45) is 0 Å². The van der Waals surface area contributed by atoms with E-state index in [1.54, 1.807) is 25.3 Å². The Morgan fingerprint density at radius 2 is 2.27 bits per heavy atom. The Hall–Kier alpha value is -2.04. The van der Waals surface area contributed by atoms with Crippen molar-refractivity contribution in [3.63, 3.8) is 0 Å². The number of aromatic nitrogens is 1. The van der Waals surface area contributed by atoms with Crippen molar-refractivity contribution in [2.45, 2.75) is 6.92 Å². The number of aryl methyl sites for hydroxylation is 1. The molecule has 0 aliphatic rings. The molecule has 1 rings (SSSR count). The van der Waals surface area contributed by atoms with E-state index in [1.165, 1.54) is 0 Å². The number of imide groups is 1. The van der Waals surface area contributed by atoms with Gasteiger partial charge in [-0.1, -0.05) is 0 Å². The van der Waals surface area contributed by atoms with E-state index in [9.17, 15) is 14.4 Å². The van der Waals surface area contributed by atoms with Gasteiger partial charge in [-0.05, 0) is 19.1 Å². The first-order valence-corrected chi connectivity index (χ1v) is 4.32. The van der Waals surface area contributed by atoms with Crippen LogP contribution in [0.15, 0.2) is 18.3 Å². The molecule has 5 heteroatoms. The molecule has 0 radical (unpaired) electrons. The molecule has 1 aromatic heterocycles. The van der Waals surface area contributed by atoms with Gasteiger partial charge in [0.25, 0.3) is 5.91 Å². The molecular formula is C10H10N2O3. The minimum atomic E-state index is -0.511. The Balaban J connectivity index is 2.97. The van der Waals surface area contributed by atoms with E-state index in [-0.39, 0.29) is 6.54 Å². The van der Waals surface area contributed by atoms with E-state index in [0.717, 1.165) is 4.90 Å². The number of nitrogens with zero attached hydrogens (tertiary/aromatic N) is 2. The van der Waals surface area contributed by atoms with Crippen molar-refractivity contribution >= 4 is 18.6 Å². The fourth-order valence-corrected chi connectivity index (χ4v) is 1.12. The Bertz CT molecular complexity index is 390. The maximum absolute atomic E-state index is 11.7. The number of hydrogen-bond donors (Lipinski definition) is 0. The number of carbonyl (C=O) groups excluding carboxylic acids is 3. The van der Waals surface area contributed by atoms with Gasteiger partial charge in [0.1, 0.15) is 6.29 Å². The number of aldehydes is 1. The number of pyridine rings is 1. The molecule has 1 aromatic rings. The molecule has 2 amide bonds. The van der Waals surface area contributed by atoms with Crippen molar-refractivity contribution in [1.82, 2.24) is 9.88 Å². The molecule has 0 saturated heterocycles. The molecule has 0 aromatic carbocycles. The summed E-state index contributed by atoms with van der Waals surface area (Å²) in [6.07, 6.45) is 2.39. The number of amides is 2. The summed E-state index contributed by atoms with van der Waals surface area (Å²) < 4.78 is 0. The highest BCUT2D eigenvalue weighted by Gasteiger charge is 2.16. The molecule has 5 nitrogen and oxygen atoms in total. The van der Waals surface area contributed by atoms with Crippen LogP contribution in [0.4, 0.5) is 0 Å². The molecule has 78 valence electrons. The van der Waals surface area contributed by atoms with Crippen molar-refractivity contribution < 1.29 is 14.4 Å². The lowest BCUT2D eigenvalue weighted by Gasteiger charge is -2.12. The topological polar surface area (TPSA) is 67.3 Å². The lowest BCUT2D eigenvalue weighted by Crippen LogP contribution is -2.31. The van der Waals surface area contributed by atoms with Gasteiger partial charge in [-0.15, -0.1) is 0 Å². The molecule has 0 atom stereocenters. The average molecular weight is 206 g/mol. The predicted molar refractivity (Wildman–Crippen MR) is 52.1 cm³/mol. The zero-order chi connectivity index (χ0) is 11.3. The molecule has 0 bridgehead atoms. The zero-order valence-electron chi connectivity index (χ0n) is 8.21. The lowest BCUT2D eigenvalue weighted by molar-refractivity contribution is -0.119. The van der Waals surface area contributed by atoms with Gasteiger partial charge in [-0.3, -0.25) is 19.5 Å². The van der Waals surface area contributed by atoms with Crippen LogP contribution in [0.2, 0.25) is 0 Å². The standard InChI is InChI=1S/C10H10N2O3/c1-8-9(3-2-4-11-8)10(15)12(7-14)5-6-13/h2-4,6-7H,5H2,1H3. The molecule has 1 heterocycles. The van der Waals surface area contributed by atoms with Gasteiger partial charge < -0.3 is 4.79 Å². The Kier molecular flexibility index (Phi) is 3.68. The van der Waals surface area contributed by atoms with Crippen LogP contribution in [0.5, 0.6) is 0 Å². The Morgan fingerprint density at radius 1 is 1.53 bits per heavy atom. The molecule has 15 heavy (non-hydrogen) atoms. The number of rotatable bonds is 4. The summed E-state index contributed by atoms with van der Waals surface area (Å²) >= 11 is 0. The van der Waals surface area contributed by atoms with E-state index < -0.39 is 5.91 Å². The Morgan fingerprint density at radius 3 is 2.80 bits per heavy atom. The molecular weight excluding hydrogens is 196 g/mol. The average Bonchev–Trinajstić information content (AvgIpc) is 2.25. The van der Waals surface area contributed by atoms with Gasteiger partial charge in [-0.2, -0.15) is 0 Å². The zero-order valence-corrected chi connectivity index (χ0v) is 8.21. The highest BCUT2D eigenvalue weighted by Crippen LogP contribution is 2.06. The van der Waals surface area contributed by atoms with Crippen molar-refractivity contribution in [2.75, 3.05) is 6.54 Å². The van der Waals surface area contributed by atoms with E-state index in [0.29, 0.717) is 24.0 Å². The third kappa shape index (κ3) is 2.46. The first-order chi connectivity index (χ1) is 7.20. The summed E-state index contributed by atoms with van der Waals surface area (Å²) in [5, 5.41) is 0. The van der Waals surface area contributed by atoms with Gasteiger partial charge in [0.2, 0.25) is 6.41 Å². The van der Waals surface area contributed by atoms with E-state index in [4.69, 9.17) is 0 Å². The number of hydrogen-bond acceptors (Lipinski definition) is 4. The van der Waals surface area contributed by atoms with Crippen molar-refractivity contribution in [3.05, 3.63) is 29.6 Å². The van der Waals surface area contributed by atoms with Crippen LogP contribution in [0.1, 0.15) is 16.1 Å². The lowest BCUT2D eigenvalue weighted by atomic mass is 10.2. The third-order valence-corrected chi connectivity index (χ3v) is 1.90. The first-order valence-electron chi connectivity index (χ1n) is 4.32. The second-order valence-electron chi connectivity index (χ2n) is 2.87. The molecule has 0 aliphatic heterocycles. The summed E-state index contributed by atoms with van der Waals surface area (Å²) in [5.41, 5.74) is 0.853. The quantitative estimate of drug-likeness (QED) is 0.659. The van der Waals surface area contributed by atoms with Crippen LogP contribution in [0.25, 0.3) is 0 Å². The number of carbonyl (C=O) groups is 3. The molecule has 0 aliphatic carbocycles. The van der Waals surface area contributed by atoms with Gasteiger partial charge >= 0.3 is 0 Å². The van der Waals surface area contributed by atoms with E-state index in [2.05, 4.69) is 4.98 Å². The predicted octanol–water partition coefficient (Wildman–Crippen LogP) is 0.188. The molecule has 0 fully saturated rings. The first kappa shape index (κ1) is 11.0. The second-order valence-corrected chi connectivity index (χ2v) is 2.87. The molecule has 0 saturated carbocycles. The monoisotopic (exact) mass is 206 g/mol. The summed E-state index contributed by atoms with van der Waals surface area (Å²) in [6.45, 7) is 1.42. The van der Waals surface area contributed by atoms with Crippen LogP contribution in [-0.4, -0.2) is 35.0 Å². The van der Waals surface area contributed by atoms with Gasteiger partial charge in [0.05, 0.1) is 12.1 Å². The van der Waals surface area contributed by atoms with Crippen LogP contribution in [0.3, 0.4) is 0 Å². The largest absolute Gasteiger partial charge is 0.301 e. The maximum Gasteiger partial charge on any atom is 0.262 e. The molecule has 0 N–H and O–H groups in total. The van der Waals surface area contributed by atoms with E-state index >= 15 is 0 Å². The summed E-state index contributed by atoms with van der Waals surface area (Å²) in [7, 11) is 0. The minimum absolute atomic E-state index is 0.239. The Labute approximate surface area is 86.7 Å². The highest BCUT2D eigenvalue weighted by molar-refractivity contribution is 6.01. The molecule has 0 spiro atoms. The SMILES string of the molecule is Cc1ncccc1C(=O)N(C=O)CC=O. The highest BCUT2D eigenvalue weighted by atomic mass is 16.2. The minimum Gasteiger partial charge on any atom is -0.301 e. The fourth-order valence-electron chi connectivity index (χ4n) is 1.12. The maximum atomic E-state index is 11.7. The van der Waals surface area contributed by atoms with Crippen molar-refractivity contribution in [1.29, 1.82) is 0 Å². The van der Waals surface area contributed by atoms with Crippen LogP contribution in [-0.2, 0) is 9.59 Å². The molecule has 0 unspecified atom stereocenters. The normalized spacial score (nSPS) is 9.40. The van der Waals surface area contributed by atoms with Crippen molar-refractivity contribution in [3.8, 4) is 0 Å². The fraction of sp³-hybridized carbons (Fsp3) is 0.200. The third-order valence-electron chi connectivity index (χ3n) is 1.90. The summed E-state index contributed by atoms with van der Waals surface area (Å²) in [4.78, 5) is 37.2. The smallest absolute Gasteiger partial charge is 0.262 e. The van der Waals surface area contributed by atoms with Gasteiger partial charge in [0, 0.05) is 11.9 Å². The van der Waals surface area contributed by atoms with Crippen LogP contribution >= 0.6 is 0 Å². The second kappa shape index (κ2) is 4.99. The van der Waals surface area contributed by atoms with Gasteiger partial charge in [0.15, 0.2) is 0 Å². The summed E-state index contributed by atoms with van der Waals surface area (Å²) in [5.74, 6) is -0.511. The van der Waals surface area contributed by atoms with Crippen LogP contribution < -0.4 is 0 Å². The van der Waals surface area contributed by atoms with Gasteiger partial charge in [-0.25, -0.2) is 0 Å².